The number of imidazole rings is 1. The van der Waals surface area contributed by atoms with Crippen molar-refractivity contribution in [1.82, 2.24) is 9.97 Å². The molecule has 6 nitrogen and oxygen atoms in total. The van der Waals surface area contributed by atoms with Crippen molar-refractivity contribution in [3.63, 3.8) is 0 Å². The van der Waals surface area contributed by atoms with Crippen LogP contribution in [0.2, 0.25) is 0 Å². The number of hydrogen-bond acceptors (Lipinski definition) is 3. The van der Waals surface area contributed by atoms with Gasteiger partial charge in [0.2, 0.25) is 5.91 Å². The number of fused-ring (bicyclic) bond motifs is 1. The smallest absolute Gasteiger partial charge is 0.255 e. The van der Waals surface area contributed by atoms with Crippen LogP contribution in [0.1, 0.15) is 39.5 Å². The quantitative estimate of drug-likeness (QED) is 0.393. The highest BCUT2D eigenvalue weighted by atomic mass is 16.2. The van der Waals surface area contributed by atoms with Crippen molar-refractivity contribution in [3.05, 3.63) is 76.3 Å². The second-order valence-corrected chi connectivity index (χ2v) is 8.24. The van der Waals surface area contributed by atoms with Crippen LogP contribution in [0, 0.1) is 27.7 Å². The van der Waals surface area contributed by atoms with Crippen LogP contribution in [0.25, 0.3) is 22.4 Å². The van der Waals surface area contributed by atoms with Gasteiger partial charge in [-0.25, -0.2) is 4.98 Å². The molecule has 0 saturated carbocycles. The van der Waals surface area contributed by atoms with Crippen molar-refractivity contribution in [1.29, 1.82) is 0 Å². The van der Waals surface area contributed by atoms with E-state index in [-0.39, 0.29) is 11.8 Å². The van der Waals surface area contributed by atoms with Gasteiger partial charge in [-0.3, -0.25) is 9.59 Å². The Labute approximate surface area is 187 Å². The van der Waals surface area contributed by atoms with E-state index in [1.54, 1.807) is 6.07 Å². The summed E-state index contributed by atoms with van der Waals surface area (Å²) in [4.78, 5) is 32.2. The first kappa shape index (κ1) is 21.3. The molecule has 162 valence electrons. The minimum atomic E-state index is -0.168. The van der Waals surface area contributed by atoms with Crippen LogP contribution < -0.4 is 10.6 Å². The molecule has 0 aliphatic rings. The number of carbonyl (C=O) groups is 2. The fourth-order valence-electron chi connectivity index (χ4n) is 3.90. The summed E-state index contributed by atoms with van der Waals surface area (Å²) in [5, 5.41) is 5.79. The summed E-state index contributed by atoms with van der Waals surface area (Å²) in [6.45, 7) is 9.54. The zero-order valence-electron chi connectivity index (χ0n) is 18.9. The van der Waals surface area contributed by atoms with Gasteiger partial charge in [0.1, 0.15) is 5.82 Å². The molecule has 1 aromatic heterocycles. The SMILES string of the molecule is CC(=O)Nc1cc(C)c(-c2nc3ccc(C(=O)Nc4ccc(C)c(C)c4)cc3[nH]2)c(C)c1. The third kappa shape index (κ3) is 4.25. The van der Waals surface area contributed by atoms with Crippen molar-refractivity contribution in [2.45, 2.75) is 34.6 Å². The standard InChI is InChI=1S/C26H26N4O2/c1-14-6-8-20(10-15(14)2)28-26(32)19-7-9-22-23(13-19)30-25(29-22)24-16(3)11-21(12-17(24)4)27-18(5)31/h6-13H,1-5H3,(H,27,31)(H,28,32)(H,29,30). The van der Waals surface area contributed by atoms with Gasteiger partial charge in [-0.15, -0.1) is 0 Å². The number of nitrogens with one attached hydrogen (secondary N) is 3. The minimum Gasteiger partial charge on any atom is -0.338 e. The molecular formula is C26H26N4O2. The van der Waals surface area contributed by atoms with E-state index in [1.165, 1.54) is 12.5 Å². The molecule has 0 radical (unpaired) electrons. The molecule has 6 heteroatoms. The first-order chi connectivity index (χ1) is 15.2. The van der Waals surface area contributed by atoms with Gasteiger partial charge in [0.05, 0.1) is 11.0 Å². The van der Waals surface area contributed by atoms with Gasteiger partial charge in [0.15, 0.2) is 0 Å². The normalized spacial score (nSPS) is 10.9. The first-order valence-electron chi connectivity index (χ1n) is 10.5. The largest absolute Gasteiger partial charge is 0.338 e. The molecule has 0 atom stereocenters. The lowest BCUT2D eigenvalue weighted by Crippen LogP contribution is -2.11. The molecule has 4 rings (SSSR count). The molecule has 0 bridgehead atoms. The Balaban J connectivity index is 1.64. The maximum atomic E-state index is 12.8. The van der Waals surface area contributed by atoms with Gasteiger partial charge in [-0.05, 0) is 92.4 Å². The van der Waals surface area contributed by atoms with E-state index in [1.807, 2.05) is 70.2 Å². The van der Waals surface area contributed by atoms with Crippen LogP contribution in [-0.2, 0) is 4.79 Å². The van der Waals surface area contributed by atoms with Crippen LogP contribution in [0.3, 0.4) is 0 Å². The monoisotopic (exact) mass is 426 g/mol. The number of nitrogens with zero attached hydrogens (tertiary/aromatic N) is 1. The molecule has 0 spiro atoms. The van der Waals surface area contributed by atoms with Crippen LogP contribution in [0.5, 0.6) is 0 Å². The Bertz CT molecular complexity index is 1340. The minimum absolute atomic E-state index is 0.105. The van der Waals surface area contributed by atoms with Crippen LogP contribution in [0.4, 0.5) is 11.4 Å². The number of amides is 2. The van der Waals surface area contributed by atoms with Gasteiger partial charge < -0.3 is 15.6 Å². The summed E-state index contributed by atoms with van der Waals surface area (Å²) < 4.78 is 0. The lowest BCUT2D eigenvalue weighted by molar-refractivity contribution is -0.114. The molecule has 0 saturated heterocycles. The van der Waals surface area contributed by atoms with Gasteiger partial charge in [-0.2, -0.15) is 0 Å². The zero-order chi connectivity index (χ0) is 23.0. The molecule has 1 heterocycles. The number of rotatable bonds is 4. The fourth-order valence-corrected chi connectivity index (χ4v) is 3.90. The Kier molecular flexibility index (Phi) is 5.53. The molecule has 32 heavy (non-hydrogen) atoms. The summed E-state index contributed by atoms with van der Waals surface area (Å²) >= 11 is 0. The Morgan fingerprint density at radius 2 is 1.47 bits per heavy atom. The highest BCUT2D eigenvalue weighted by Gasteiger charge is 2.14. The van der Waals surface area contributed by atoms with Crippen LogP contribution in [-0.4, -0.2) is 21.8 Å². The topological polar surface area (TPSA) is 86.9 Å². The van der Waals surface area contributed by atoms with Crippen molar-refractivity contribution in [2.75, 3.05) is 10.6 Å². The number of benzene rings is 3. The molecule has 3 N–H and O–H groups in total. The van der Waals surface area contributed by atoms with Gasteiger partial charge in [0, 0.05) is 29.4 Å². The molecular weight excluding hydrogens is 400 g/mol. The van der Waals surface area contributed by atoms with E-state index in [0.29, 0.717) is 5.56 Å². The van der Waals surface area contributed by atoms with Crippen LogP contribution in [0.15, 0.2) is 48.5 Å². The van der Waals surface area contributed by atoms with Crippen molar-refractivity contribution in [2.24, 2.45) is 0 Å². The number of anilines is 2. The van der Waals surface area contributed by atoms with Crippen molar-refractivity contribution < 1.29 is 9.59 Å². The molecule has 0 unspecified atom stereocenters. The van der Waals surface area contributed by atoms with Gasteiger partial charge >= 0.3 is 0 Å². The summed E-state index contributed by atoms with van der Waals surface area (Å²) in [6, 6.07) is 15.2. The molecule has 4 aromatic rings. The Hall–Kier alpha value is -3.93. The van der Waals surface area contributed by atoms with E-state index in [0.717, 1.165) is 50.5 Å². The third-order valence-electron chi connectivity index (χ3n) is 5.60. The third-order valence-corrected chi connectivity index (χ3v) is 5.60. The van der Waals surface area contributed by atoms with Crippen molar-refractivity contribution >= 4 is 34.2 Å². The van der Waals surface area contributed by atoms with E-state index >= 15 is 0 Å². The number of aryl methyl sites for hydroxylation is 4. The van der Waals surface area contributed by atoms with Gasteiger partial charge in [0.25, 0.3) is 5.91 Å². The number of carbonyl (C=O) groups excluding carboxylic acids is 2. The summed E-state index contributed by atoms with van der Waals surface area (Å²) in [5.74, 6) is 0.460. The van der Waals surface area contributed by atoms with Crippen molar-refractivity contribution in [3.8, 4) is 11.4 Å². The molecule has 0 fully saturated rings. The maximum Gasteiger partial charge on any atom is 0.255 e. The van der Waals surface area contributed by atoms with Crippen LogP contribution >= 0.6 is 0 Å². The second-order valence-electron chi connectivity index (χ2n) is 8.24. The predicted molar refractivity (Wildman–Crippen MR) is 129 cm³/mol. The molecule has 2 amide bonds. The zero-order valence-corrected chi connectivity index (χ0v) is 18.9. The maximum absolute atomic E-state index is 12.8. The lowest BCUT2D eigenvalue weighted by atomic mass is 10.0. The molecule has 3 aromatic carbocycles. The van der Waals surface area contributed by atoms with E-state index in [9.17, 15) is 9.59 Å². The number of aromatic amines is 1. The summed E-state index contributed by atoms with van der Waals surface area (Å²) in [7, 11) is 0. The number of hydrogen-bond donors (Lipinski definition) is 3. The average Bonchev–Trinajstić information content (AvgIpc) is 3.12. The average molecular weight is 427 g/mol. The molecule has 0 aliphatic carbocycles. The van der Waals surface area contributed by atoms with E-state index in [4.69, 9.17) is 4.98 Å². The van der Waals surface area contributed by atoms with Gasteiger partial charge in [-0.1, -0.05) is 6.07 Å². The second kappa shape index (κ2) is 8.30. The number of H-pyrrole nitrogens is 1. The first-order valence-corrected chi connectivity index (χ1v) is 10.5. The summed E-state index contributed by atoms with van der Waals surface area (Å²) in [5.41, 5.74) is 8.96. The van der Waals surface area contributed by atoms with E-state index < -0.39 is 0 Å². The highest BCUT2D eigenvalue weighted by molar-refractivity contribution is 6.06. The Morgan fingerprint density at radius 1 is 0.781 bits per heavy atom. The Morgan fingerprint density at radius 3 is 2.12 bits per heavy atom. The highest BCUT2D eigenvalue weighted by Crippen LogP contribution is 2.30. The predicted octanol–water partition coefficient (Wildman–Crippen LogP) is 5.67. The lowest BCUT2D eigenvalue weighted by Gasteiger charge is -2.11. The number of aromatic nitrogens is 2. The summed E-state index contributed by atoms with van der Waals surface area (Å²) in [6.07, 6.45) is 0. The molecule has 0 aliphatic heterocycles. The van der Waals surface area contributed by atoms with E-state index in [2.05, 4.69) is 15.6 Å². The fraction of sp³-hybridized carbons (Fsp3) is 0.192.